The van der Waals surface area contributed by atoms with Crippen LogP contribution in [0.5, 0.6) is 0 Å². The number of aryl methyl sites for hydroxylation is 1. The van der Waals surface area contributed by atoms with Crippen LogP contribution in [0.4, 0.5) is 5.82 Å². The number of hydrogen-bond acceptors (Lipinski definition) is 2. The molecule has 0 aliphatic rings. The molecule has 1 heterocycles. The minimum absolute atomic E-state index is 0.639. The van der Waals surface area contributed by atoms with E-state index in [1.54, 1.807) is 17.8 Å². The zero-order valence-electron chi connectivity index (χ0n) is 6.58. The smallest absolute Gasteiger partial charge is 0.129 e. The Kier molecular flexibility index (Phi) is 1.48. The number of nitrogens with two attached hydrogens (primary N) is 1. The number of nitrogens with zero attached hydrogens (tertiary/aromatic N) is 2. The van der Waals surface area contributed by atoms with Gasteiger partial charge in [0.15, 0.2) is 0 Å². The quantitative estimate of drug-likeness (QED) is 0.674. The van der Waals surface area contributed by atoms with Crippen molar-refractivity contribution < 1.29 is 0 Å². The zero-order chi connectivity index (χ0) is 8.72. The highest BCUT2D eigenvalue weighted by atomic mass is 35.5. The van der Waals surface area contributed by atoms with Crippen molar-refractivity contribution in [2.24, 2.45) is 7.05 Å². The normalized spacial score (nSPS) is 10.8. The fourth-order valence-corrected chi connectivity index (χ4v) is 1.41. The van der Waals surface area contributed by atoms with E-state index in [0.29, 0.717) is 10.8 Å². The highest BCUT2D eigenvalue weighted by Crippen LogP contribution is 2.25. The van der Waals surface area contributed by atoms with Crippen molar-refractivity contribution >= 4 is 28.3 Å². The number of nitrogen functional groups attached to an aromatic ring is 1. The van der Waals surface area contributed by atoms with E-state index in [0.717, 1.165) is 10.9 Å². The van der Waals surface area contributed by atoms with Gasteiger partial charge in [-0.3, -0.25) is 4.68 Å². The van der Waals surface area contributed by atoms with Crippen LogP contribution in [-0.4, -0.2) is 9.78 Å². The van der Waals surface area contributed by atoms with Crippen LogP contribution in [0.1, 0.15) is 0 Å². The predicted molar refractivity (Wildman–Crippen MR) is 50.1 cm³/mol. The summed E-state index contributed by atoms with van der Waals surface area (Å²) in [5.41, 5.74) is 6.51. The van der Waals surface area contributed by atoms with E-state index < -0.39 is 0 Å². The lowest BCUT2D eigenvalue weighted by Crippen LogP contribution is -1.96. The van der Waals surface area contributed by atoms with Crippen LogP contribution in [0, 0.1) is 0 Å². The first-order chi connectivity index (χ1) is 5.70. The van der Waals surface area contributed by atoms with Gasteiger partial charge in [-0.25, -0.2) is 0 Å². The first-order valence-electron chi connectivity index (χ1n) is 3.57. The second-order valence-electron chi connectivity index (χ2n) is 2.64. The summed E-state index contributed by atoms with van der Waals surface area (Å²) in [6.45, 7) is 0. The van der Waals surface area contributed by atoms with Crippen molar-refractivity contribution in [2.75, 3.05) is 5.73 Å². The van der Waals surface area contributed by atoms with E-state index in [9.17, 15) is 0 Å². The van der Waals surface area contributed by atoms with Crippen LogP contribution in [0.2, 0.25) is 5.02 Å². The second-order valence-corrected chi connectivity index (χ2v) is 3.05. The van der Waals surface area contributed by atoms with Crippen LogP contribution in [0.25, 0.3) is 10.9 Å². The first-order valence-corrected chi connectivity index (χ1v) is 3.94. The van der Waals surface area contributed by atoms with E-state index in [-0.39, 0.29) is 0 Å². The molecule has 62 valence electrons. The Morgan fingerprint density at radius 2 is 2.25 bits per heavy atom. The van der Waals surface area contributed by atoms with Crippen molar-refractivity contribution in [1.29, 1.82) is 0 Å². The zero-order valence-corrected chi connectivity index (χ0v) is 7.34. The van der Waals surface area contributed by atoms with Crippen molar-refractivity contribution in [2.45, 2.75) is 0 Å². The average molecular weight is 182 g/mol. The van der Waals surface area contributed by atoms with Gasteiger partial charge in [-0.2, -0.15) is 5.10 Å². The third kappa shape index (κ3) is 0.865. The Balaban J connectivity index is 2.95. The van der Waals surface area contributed by atoms with Gasteiger partial charge >= 0.3 is 0 Å². The predicted octanol–water partition coefficient (Wildman–Crippen LogP) is 1.81. The van der Waals surface area contributed by atoms with Crippen LogP contribution in [0.3, 0.4) is 0 Å². The maximum absolute atomic E-state index is 5.91. The summed E-state index contributed by atoms with van der Waals surface area (Å²) in [6.07, 6.45) is 0. The van der Waals surface area contributed by atoms with Gasteiger partial charge in [0.25, 0.3) is 0 Å². The molecule has 0 aliphatic heterocycles. The maximum atomic E-state index is 5.91. The molecule has 2 rings (SSSR count). The molecule has 2 aromatic rings. The van der Waals surface area contributed by atoms with Gasteiger partial charge in [0.2, 0.25) is 0 Å². The molecule has 0 saturated carbocycles. The summed E-state index contributed by atoms with van der Waals surface area (Å²) in [6, 6.07) is 5.57. The maximum Gasteiger partial charge on any atom is 0.129 e. The number of anilines is 1. The van der Waals surface area contributed by atoms with Gasteiger partial charge in [0.1, 0.15) is 11.3 Å². The number of rotatable bonds is 0. The van der Waals surface area contributed by atoms with E-state index in [1.807, 2.05) is 12.1 Å². The van der Waals surface area contributed by atoms with E-state index in [1.165, 1.54) is 0 Å². The summed E-state index contributed by atoms with van der Waals surface area (Å²) in [7, 11) is 1.80. The first kappa shape index (κ1) is 7.43. The average Bonchev–Trinajstić information content (AvgIpc) is 2.32. The topological polar surface area (TPSA) is 43.8 Å². The Morgan fingerprint density at radius 1 is 1.50 bits per heavy atom. The Bertz CT molecular complexity index is 433. The van der Waals surface area contributed by atoms with Gasteiger partial charge < -0.3 is 5.73 Å². The van der Waals surface area contributed by atoms with E-state index in [4.69, 9.17) is 17.3 Å². The monoisotopic (exact) mass is 181 g/mol. The Labute approximate surface area is 74.7 Å². The van der Waals surface area contributed by atoms with Crippen LogP contribution in [0.15, 0.2) is 18.2 Å². The number of halogens is 1. The summed E-state index contributed by atoms with van der Waals surface area (Å²) in [5.74, 6) is 0.646. The molecule has 0 amide bonds. The summed E-state index contributed by atoms with van der Waals surface area (Å²) < 4.78 is 1.62. The lowest BCUT2D eigenvalue weighted by Gasteiger charge is -1.91. The van der Waals surface area contributed by atoms with Crippen LogP contribution >= 0.6 is 11.6 Å². The highest BCUT2D eigenvalue weighted by Gasteiger charge is 2.06. The fraction of sp³-hybridized carbons (Fsp3) is 0.125. The Hall–Kier alpha value is -1.22. The molecule has 1 aromatic carbocycles. The molecule has 0 radical (unpaired) electrons. The third-order valence-electron chi connectivity index (χ3n) is 1.86. The molecule has 0 bridgehead atoms. The molecule has 12 heavy (non-hydrogen) atoms. The molecule has 0 saturated heterocycles. The number of hydrogen-bond donors (Lipinski definition) is 1. The van der Waals surface area contributed by atoms with Gasteiger partial charge in [0, 0.05) is 12.4 Å². The molecule has 0 aliphatic carbocycles. The van der Waals surface area contributed by atoms with Crippen molar-refractivity contribution in [3.8, 4) is 0 Å². The lowest BCUT2D eigenvalue weighted by molar-refractivity contribution is 0.791. The van der Waals surface area contributed by atoms with Gasteiger partial charge in [-0.15, -0.1) is 0 Å². The van der Waals surface area contributed by atoms with Gasteiger partial charge in [-0.1, -0.05) is 17.7 Å². The molecule has 4 heteroatoms. The highest BCUT2D eigenvalue weighted by molar-refractivity contribution is 6.35. The summed E-state index contributed by atoms with van der Waals surface area (Å²) >= 11 is 5.91. The molecule has 3 nitrogen and oxygen atoms in total. The molecule has 0 atom stereocenters. The van der Waals surface area contributed by atoms with Crippen molar-refractivity contribution in [1.82, 2.24) is 9.78 Å². The SMILES string of the molecule is Cn1nc2c(Cl)cccc2c1N. The minimum atomic E-state index is 0.639. The number of benzene rings is 1. The van der Waals surface area contributed by atoms with Gasteiger partial charge in [-0.05, 0) is 12.1 Å². The largest absolute Gasteiger partial charge is 0.383 e. The van der Waals surface area contributed by atoms with Crippen molar-refractivity contribution in [3.05, 3.63) is 23.2 Å². The Morgan fingerprint density at radius 3 is 2.92 bits per heavy atom. The van der Waals surface area contributed by atoms with Crippen molar-refractivity contribution in [3.63, 3.8) is 0 Å². The molecule has 0 unspecified atom stereocenters. The van der Waals surface area contributed by atoms with E-state index >= 15 is 0 Å². The fourth-order valence-electron chi connectivity index (χ4n) is 1.20. The van der Waals surface area contributed by atoms with E-state index in [2.05, 4.69) is 5.10 Å². The molecular formula is C8H8ClN3. The lowest BCUT2D eigenvalue weighted by atomic mass is 10.2. The summed E-state index contributed by atoms with van der Waals surface area (Å²) in [4.78, 5) is 0. The third-order valence-corrected chi connectivity index (χ3v) is 2.17. The molecule has 2 N–H and O–H groups in total. The summed E-state index contributed by atoms with van der Waals surface area (Å²) in [5, 5.41) is 5.72. The van der Waals surface area contributed by atoms with Crippen LogP contribution < -0.4 is 5.73 Å². The standard InChI is InChI=1S/C8H8ClN3/c1-12-8(10)5-3-2-4-6(9)7(5)11-12/h2-4H,10H2,1H3. The number of fused-ring (bicyclic) bond motifs is 1. The van der Waals surface area contributed by atoms with Gasteiger partial charge in [0.05, 0.1) is 5.02 Å². The molecule has 1 aromatic heterocycles. The molecule has 0 fully saturated rings. The molecular weight excluding hydrogens is 174 g/mol. The molecule has 0 spiro atoms. The minimum Gasteiger partial charge on any atom is -0.383 e. The van der Waals surface area contributed by atoms with Crippen LogP contribution in [-0.2, 0) is 7.05 Å². The number of aromatic nitrogens is 2. The second kappa shape index (κ2) is 2.38.